The summed E-state index contributed by atoms with van der Waals surface area (Å²) in [6, 6.07) is 5.83. The molecule has 0 radical (unpaired) electrons. The predicted octanol–water partition coefficient (Wildman–Crippen LogP) is 4.59. The van der Waals surface area contributed by atoms with E-state index in [0.717, 1.165) is 25.1 Å². The molecule has 1 N–H and O–H groups in total. The predicted molar refractivity (Wildman–Crippen MR) is 126 cm³/mol. The number of likely N-dealkylation sites (tertiary alicyclic amines) is 1. The summed E-state index contributed by atoms with van der Waals surface area (Å²) in [4.78, 5) is 26.4. The van der Waals surface area contributed by atoms with Crippen molar-refractivity contribution in [3.63, 3.8) is 0 Å². The maximum atomic E-state index is 12.9. The molecule has 5 rings (SSSR count). The number of fused-ring (bicyclic) bond motifs is 3. The van der Waals surface area contributed by atoms with Crippen LogP contribution in [0.5, 0.6) is 11.5 Å². The van der Waals surface area contributed by atoms with Crippen LogP contribution in [0, 0.1) is 17.3 Å². The van der Waals surface area contributed by atoms with Gasteiger partial charge in [-0.1, -0.05) is 31.4 Å². The first-order valence-corrected chi connectivity index (χ1v) is 12.8. The minimum absolute atomic E-state index is 0.0100. The Morgan fingerprint density at radius 2 is 1.97 bits per heavy atom. The zero-order valence-corrected chi connectivity index (χ0v) is 20.4. The number of rotatable bonds is 6. The zero-order valence-electron chi connectivity index (χ0n) is 20.4. The Labute approximate surface area is 201 Å². The van der Waals surface area contributed by atoms with Crippen LogP contribution >= 0.6 is 0 Å². The van der Waals surface area contributed by atoms with E-state index in [1.807, 2.05) is 30.0 Å². The van der Waals surface area contributed by atoms with E-state index in [0.29, 0.717) is 36.9 Å². The van der Waals surface area contributed by atoms with Gasteiger partial charge >= 0.3 is 5.97 Å². The van der Waals surface area contributed by atoms with Gasteiger partial charge in [0.15, 0.2) is 11.5 Å². The molecule has 2 saturated heterocycles. The van der Waals surface area contributed by atoms with Crippen molar-refractivity contribution in [3.05, 3.63) is 23.8 Å². The van der Waals surface area contributed by atoms with E-state index in [-0.39, 0.29) is 29.8 Å². The molecule has 0 aromatic heterocycles. The average molecular weight is 472 g/mol. The molecule has 1 aromatic rings. The lowest BCUT2D eigenvalue weighted by atomic mass is 9.63. The molecule has 1 spiro atoms. The highest BCUT2D eigenvalue weighted by Crippen LogP contribution is 2.58. The highest BCUT2D eigenvalue weighted by Gasteiger charge is 2.58. The smallest absolute Gasteiger partial charge is 0.303 e. The Morgan fingerprint density at radius 3 is 2.68 bits per heavy atom. The van der Waals surface area contributed by atoms with Gasteiger partial charge in [-0.2, -0.15) is 0 Å². The third kappa shape index (κ3) is 4.28. The summed E-state index contributed by atoms with van der Waals surface area (Å²) in [7, 11) is 1.61. The van der Waals surface area contributed by atoms with Gasteiger partial charge in [-0.3, -0.25) is 9.59 Å². The molecule has 7 nitrogen and oxygen atoms in total. The Morgan fingerprint density at radius 1 is 1.21 bits per heavy atom. The number of hydrogen-bond acceptors (Lipinski definition) is 5. The summed E-state index contributed by atoms with van der Waals surface area (Å²) in [6.07, 6.45) is 7.95. The SMILES string of the molecule is COc1cccc2c1O[C@](C)(CCC(=O)O)[C@@H]1CC3(CO[C@@H]21)CN(C(=O)CC1CCCCC1)C3. The first-order valence-electron chi connectivity index (χ1n) is 12.8. The lowest BCUT2D eigenvalue weighted by Crippen LogP contribution is -2.65. The van der Waals surface area contributed by atoms with E-state index in [4.69, 9.17) is 14.2 Å². The van der Waals surface area contributed by atoms with Gasteiger partial charge in [-0.05, 0) is 44.6 Å². The number of carboxylic acids is 1. The Hall–Kier alpha value is -2.28. The number of carbonyl (C=O) groups excluding carboxylic acids is 1. The molecular formula is C27H37NO6. The van der Waals surface area contributed by atoms with Gasteiger partial charge in [0, 0.05) is 42.8 Å². The fourth-order valence-electron chi connectivity index (χ4n) is 6.71. The van der Waals surface area contributed by atoms with E-state index < -0.39 is 11.6 Å². The third-order valence-corrected chi connectivity index (χ3v) is 8.67. The van der Waals surface area contributed by atoms with Gasteiger partial charge in [0.1, 0.15) is 5.60 Å². The summed E-state index contributed by atoms with van der Waals surface area (Å²) in [5.41, 5.74) is 0.203. The van der Waals surface area contributed by atoms with Crippen molar-refractivity contribution in [3.8, 4) is 11.5 Å². The van der Waals surface area contributed by atoms with Crippen molar-refractivity contribution in [1.29, 1.82) is 0 Å². The minimum Gasteiger partial charge on any atom is -0.493 e. The Balaban J connectivity index is 1.32. The number of methoxy groups -OCH3 is 1. The summed E-state index contributed by atoms with van der Waals surface area (Å²) >= 11 is 0. The molecule has 3 fully saturated rings. The number of carbonyl (C=O) groups is 2. The average Bonchev–Trinajstić information content (AvgIpc) is 2.81. The van der Waals surface area contributed by atoms with E-state index in [1.165, 1.54) is 32.1 Å². The van der Waals surface area contributed by atoms with Gasteiger partial charge in [-0.25, -0.2) is 0 Å². The van der Waals surface area contributed by atoms with Crippen molar-refractivity contribution in [1.82, 2.24) is 4.90 Å². The molecule has 7 heteroatoms. The van der Waals surface area contributed by atoms with Crippen molar-refractivity contribution in [2.45, 2.75) is 76.4 Å². The van der Waals surface area contributed by atoms with E-state index in [2.05, 4.69) is 0 Å². The van der Waals surface area contributed by atoms with Crippen LogP contribution < -0.4 is 9.47 Å². The molecule has 3 aliphatic heterocycles. The minimum atomic E-state index is -0.832. The molecule has 3 atom stereocenters. The van der Waals surface area contributed by atoms with Crippen LogP contribution in [0.1, 0.15) is 76.4 Å². The number of nitrogens with zero attached hydrogens (tertiary/aromatic N) is 1. The number of para-hydroxylation sites is 1. The van der Waals surface area contributed by atoms with Crippen LogP contribution in [0.15, 0.2) is 18.2 Å². The third-order valence-electron chi connectivity index (χ3n) is 8.67. The normalized spacial score (nSPS) is 30.0. The van der Waals surface area contributed by atoms with Gasteiger partial charge < -0.3 is 24.2 Å². The maximum absolute atomic E-state index is 12.9. The highest BCUT2D eigenvalue weighted by molar-refractivity contribution is 5.77. The number of amides is 1. The Bertz CT molecular complexity index is 935. The molecule has 186 valence electrons. The zero-order chi connectivity index (χ0) is 23.9. The number of ether oxygens (including phenoxy) is 3. The van der Waals surface area contributed by atoms with Crippen molar-refractivity contribution < 1.29 is 28.9 Å². The van der Waals surface area contributed by atoms with Crippen LogP contribution in [0.3, 0.4) is 0 Å². The second-order valence-corrected chi connectivity index (χ2v) is 11.2. The largest absolute Gasteiger partial charge is 0.493 e. The lowest BCUT2D eigenvalue weighted by Gasteiger charge is -2.59. The monoisotopic (exact) mass is 471 g/mol. The first kappa shape index (κ1) is 23.5. The molecule has 1 amide bonds. The van der Waals surface area contributed by atoms with Crippen molar-refractivity contribution >= 4 is 11.9 Å². The maximum Gasteiger partial charge on any atom is 0.303 e. The van der Waals surface area contributed by atoms with Gasteiger partial charge in [0.25, 0.3) is 0 Å². The fraction of sp³-hybridized carbons (Fsp3) is 0.704. The molecule has 1 aromatic carbocycles. The van der Waals surface area contributed by atoms with Crippen LogP contribution in [0.4, 0.5) is 0 Å². The molecule has 34 heavy (non-hydrogen) atoms. The van der Waals surface area contributed by atoms with E-state index in [9.17, 15) is 14.7 Å². The van der Waals surface area contributed by atoms with E-state index >= 15 is 0 Å². The topological polar surface area (TPSA) is 85.3 Å². The number of carboxylic acid groups (broad SMARTS) is 1. The van der Waals surface area contributed by atoms with Crippen LogP contribution in [0.2, 0.25) is 0 Å². The second-order valence-electron chi connectivity index (χ2n) is 11.2. The van der Waals surface area contributed by atoms with E-state index in [1.54, 1.807) is 7.11 Å². The summed E-state index contributed by atoms with van der Waals surface area (Å²) in [5, 5.41) is 9.39. The lowest BCUT2D eigenvalue weighted by molar-refractivity contribution is -0.206. The molecule has 0 bridgehead atoms. The molecule has 4 aliphatic rings. The van der Waals surface area contributed by atoms with Gasteiger partial charge in [0.2, 0.25) is 5.91 Å². The molecule has 1 saturated carbocycles. The highest BCUT2D eigenvalue weighted by atomic mass is 16.5. The van der Waals surface area contributed by atoms with Crippen LogP contribution in [-0.2, 0) is 14.3 Å². The standard InChI is InChI=1S/C27H37NO6/c1-26(12-11-23(30)31)20-14-27(15-28(16-27)22(29)13-18-7-4-3-5-8-18)17-33-24(20)19-9-6-10-21(32-2)25(19)34-26/h6,9-10,18,20,24H,3-5,7-8,11-17H2,1-2H3,(H,30,31)/t20-,24+,26-/m1/s1. The molecule has 3 heterocycles. The fourth-order valence-corrected chi connectivity index (χ4v) is 6.71. The summed E-state index contributed by atoms with van der Waals surface area (Å²) in [5.74, 6) is 1.31. The Kier molecular flexibility index (Phi) is 6.25. The molecular weight excluding hydrogens is 434 g/mol. The van der Waals surface area contributed by atoms with Crippen molar-refractivity contribution in [2.24, 2.45) is 17.3 Å². The first-order chi connectivity index (χ1) is 16.3. The second kappa shape index (κ2) is 9.06. The van der Waals surface area contributed by atoms with Gasteiger partial charge in [-0.15, -0.1) is 0 Å². The van der Waals surface area contributed by atoms with Crippen LogP contribution in [-0.4, -0.2) is 54.3 Å². The van der Waals surface area contributed by atoms with Crippen LogP contribution in [0.25, 0.3) is 0 Å². The molecule has 0 unspecified atom stereocenters. The quantitative estimate of drug-likeness (QED) is 0.653. The molecule has 1 aliphatic carbocycles. The number of hydrogen-bond donors (Lipinski definition) is 1. The summed E-state index contributed by atoms with van der Waals surface area (Å²) < 4.78 is 18.6. The number of benzene rings is 1. The van der Waals surface area contributed by atoms with Crippen molar-refractivity contribution in [2.75, 3.05) is 26.8 Å². The summed E-state index contributed by atoms with van der Waals surface area (Å²) in [6.45, 7) is 4.06. The van der Waals surface area contributed by atoms with Gasteiger partial charge in [0.05, 0.1) is 19.8 Å². The number of aliphatic carboxylic acids is 1.